The topological polar surface area (TPSA) is 20.2 Å². The van der Waals surface area contributed by atoms with Crippen LogP contribution in [0.4, 0.5) is 0 Å². The normalized spacial score (nSPS) is 12.2. The van der Waals surface area contributed by atoms with Gasteiger partial charge in [-0.1, -0.05) is 38.9 Å². The first-order valence-electron chi connectivity index (χ1n) is 4.82. The number of hydrogen-bond donors (Lipinski definition) is 1. The molecule has 2 heteroatoms. The zero-order chi connectivity index (χ0) is 10.3. The highest BCUT2D eigenvalue weighted by Gasteiger charge is 2.07. The Bertz CT molecular complexity index is 225. The largest absolute Gasteiger partial charge is 0.392 e. The van der Waals surface area contributed by atoms with Crippen molar-refractivity contribution in [3.05, 3.63) is 11.6 Å². The van der Waals surface area contributed by atoms with Crippen molar-refractivity contribution < 1.29 is 5.11 Å². The third kappa shape index (κ3) is 7.83. The Balaban J connectivity index is 4.39. The van der Waals surface area contributed by atoms with Crippen molar-refractivity contribution in [2.24, 2.45) is 0 Å². The minimum Gasteiger partial charge on any atom is -0.392 e. The van der Waals surface area contributed by atoms with Gasteiger partial charge in [-0.3, -0.25) is 0 Å². The molecule has 0 rings (SSSR count). The minimum atomic E-state index is -1.26. The zero-order valence-electron chi connectivity index (χ0n) is 9.15. The lowest BCUT2D eigenvalue weighted by Gasteiger charge is -2.04. The molecule has 0 aliphatic carbocycles. The van der Waals surface area contributed by atoms with Gasteiger partial charge in [0.1, 0.15) is 8.07 Å². The molecule has 0 atom stereocenters. The second-order valence-electron chi connectivity index (χ2n) is 4.16. The van der Waals surface area contributed by atoms with E-state index in [1.165, 1.54) is 0 Å². The monoisotopic (exact) mass is 196 g/mol. The predicted molar refractivity (Wildman–Crippen MR) is 61.2 cm³/mol. The summed E-state index contributed by atoms with van der Waals surface area (Å²) >= 11 is 0. The van der Waals surface area contributed by atoms with E-state index in [0.717, 1.165) is 18.4 Å². The molecule has 0 saturated carbocycles. The molecule has 13 heavy (non-hydrogen) atoms. The molecule has 0 aliphatic heterocycles. The highest BCUT2D eigenvalue weighted by molar-refractivity contribution is 6.83. The number of aliphatic hydroxyl groups excluding tert-OH is 1. The van der Waals surface area contributed by atoms with Gasteiger partial charge in [0.15, 0.2) is 0 Å². The highest BCUT2D eigenvalue weighted by atomic mass is 28.3. The number of rotatable bonds is 3. The van der Waals surface area contributed by atoms with E-state index in [9.17, 15) is 0 Å². The molecule has 0 aromatic carbocycles. The van der Waals surface area contributed by atoms with Gasteiger partial charge in [0.2, 0.25) is 0 Å². The maximum Gasteiger partial charge on any atom is 0.129 e. The second kappa shape index (κ2) is 6.01. The van der Waals surface area contributed by atoms with E-state index >= 15 is 0 Å². The van der Waals surface area contributed by atoms with Crippen LogP contribution in [0.1, 0.15) is 19.8 Å². The summed E-state index contributed by atoms with van der Waals surface area (Å²) in [7, 11) is -1.26. The Morgan fingerprint density at radius 1 is 1.38 bits per heavy atom. The summed E-state index contributed by atoms with van der Waals surface area (Å²) < 4.78 is 0. The predicted octanol–water partition coefficient (Wildman–Crippen LogP) is 2.59. The molecule has 74 valence electrons. The molecule has 0 unspecified atom stereocenters. The third-order valence-electron chi connectivity index (χ3n) is 1.46. The van der Waals surface area contributed by atoms with E-state index in [4.69, 9.17) is 5.11 Å². The number of aliphatic hydroxyl groups is 1. The molecule has 0 heterocycles. The average molecular weight is 196 g/mol. The Labute approximate surface area is 82.9 Å². The zero-order valence-corrected chi connectivity index (χ0v) is 10.1. The van der Waals surface area contributed by atoms with Gasteiger partial charge in [-0.05, 0) is 18.1 Å². The van der Waals surface area contributed by atoms with E-state index < -0.39 is 8.07 Å². The maximum absolute atomic E-state index is 8.76. The van der Waals surface area contributed by atoms with Crippen molar-refractivity contribution in [3.63, 3.8) is 0 Å². The first-order chi connectivity index (χ1) is 5.99. The van der Waals surface area contributed by atoms with Crippen LogP contribution in [0.15, 0.2) is 11.6 Å². The first kappa shape index (κ1) is 12.5. The van der Waals surface area contributed by atoms with Gasteiger partial charge in [-0.25, -0.2) is 0 Å². The molecule has 0 radical (unpaired) electrons. The molecule has 1 N–H and O–H groups in total. The summed E-state index contributed by atoms with van der Waals surface area (Å²) in [6.07, 6.45) is 3.89. The Morgan fingerprint density at radius 3 is 2.38 bits per heavy atom. The molecule has 0 bridgehead atoms. The molecule has 0 saturated heterocycles. The summed E-state index contributed by atoms with van der Waals surface area (Å²) in [6.45, 7) is 8.91. The fourth-order valence-electron chi connectivity index (χ4n) is 0.863. The van der Waals surface area contributed by atoms with Crippen LogP contribution in [0.5, 0.6) is 0 Å². The lowest BCUT2D eigenvalue weighted by Crippen LogP contribution is -2.16. The standard InChI is InChI=1S/C11H20OSi/c1-5-6-11(7-9-12)8-10-13(2,3)4/h7,12H,5-6,9H2,1-4H3/b11-7-. The van der Waals surface area contributed by atoms with E-state index in [0.29, 0.717) is 0 Å². The van der Waals surface area contributed by atoms with Gasteiger partial charge in [0.05, 0.1) is 6.61 Å². The fourth-order valence-corrected chi connectivity index (χ4v) is 1.40. The number of allylic oxidation sites excluding steroid dienone is 1. The van der Waals surface area contributed by atoms with Crippen molar-refractivity contribution in [1.82, 2.24) is 0 Å². The Hall–Kier alpha value is -0.523. The van der Waals surface area contributed by atoms with Crippen LogP contribution in [-0.2, 0) is 0 Å². The van der Waals surface area contributed by atoms with Crippen molar-refractivity contribution in [2.45, 2.75) is 39.4 Å². The fraction of sp³-hybridized carbons (Fsp3) is 0.636. The van der Waals surface area contributed by atoms with E-state index in [2.05, 4.69) is 38.0 Å². The smallest absolute Gasteiger partial charge is 0.129 e. The van der Waals surface area contributed by atoms with E-state index in [-0.39, 0.29) is 6.61 Å². The molecule has 0 aliphatic rings. The lowest BCUT2D eigenvalue weighted by atomic mass is 10.1. The molecule has 0 fully saturated rings. The molecule has 0 aromatic heterocycles. The minimum absolute atomic E-state index is 0.107. The van der Waals surface area contributed by atoms with Crippen LogP contribution >= 0.6 is 0 Å². The Morgan fingerprint density at radius 2 is 2.00 bits per heavy atom. The van der Waals surface area contributed by atoms with Crippen LogP contribution in [0, 0.1) is 11.5 Å². The molecular formula is C11H20OSi. The summed E-state index contributed by atoms with van der Waals surface area (Å²) in [5.41, 5.74) is 4.39. The average Bonchev–Trinajstić information content (AvgIpc) is 2.00. The van der Waals surface area contributed by atoms with Gasteiger partial charge in [0.25, 0.3) is 0 Å². The van der Waals surface area contributed by atoms with E-state index in [1.54, 1.807) is 0 Å². The van der Waals surface area contributed by atoms with Crippen LogP contribution in [-0.4, -0.2) is 19.8 Å². The van der Waals surface area contributed by atoms with Crippen molar-refractivity contribution >= 4 is 8.07 Å². The quantitative estimate of drug-likeness (QED) is 0.543. The summed E-state index contributed by atoms with van der Waals surface area (Å²) in [5.74, 6) is 3.17. The van der Waals surface area contributed by atoms with Crippen molar-refractivity contribution in [1.29, 1.82) is 0 Å². The molecule has 0 amide bonds. The van der Waals surface area contributed by atoms with Crippen molar-refractivity contribution in [2.75, 3.05) is 6.61 Å². The second-order valence-corrected chi connectivity index (χ2v) is 8.91. The van der Waals surface area contributed by atoms with E-state index in [1.807, 2.05) is 6.08 Å². The first-order valence-corrected chi connectivity index (χ1v) is 8.32. The Kier molecular flexibility index (Phi) is 5.77. The van der Waals surface area contributed by atoms with Gasteiger partial charge in [-0.2, -0.15) is 0 Å². The van der Waals surface area contributed by atoms with Crippen LogP contribution in [0.2, 0.25) is 19.6 Å². The van der Waals surface area contributed by atoms with Crippen LogP contribution < -0.4 is 0 Å². The summed E-state index contributed by atoms with van der Waals surface area (Å²) in [5, 5.41) is 8.76. The summed E-state index contributed by atoms with van der Waals surface area (Å²) in [6, 6.07) is 0. The van der Waals surface area contributed by atoms with Gasteiger partial charge in [-0.15, -0.1) is 5.54 Å². The molecule has 0 aromatic rings. The molecule has 1 nitrogen and oxygen atoms in total. The lowest BCUT2D eigenvalue weighted by molar-refractivity contribution is 0.342. The summed E-state index contributed by atoms with van der Waals surface area (Å²) in [4.78, 5) is 0. The van der Waals surface area contributed by atoms with Crippen molar-refractivity contribution in [3.8, 4) is 11.5 Å². The maximum atomic E-state index is 8.76. The van der Waals surface area contributed by atoms with Gasteiger partial charge in [0, 0.05) is 0 Å². The van der Waals surface area contributed by atoms with Gasteiger partial charge >= 0.3 is 0 Å². The number of hydrogen-bond acceptors (Lipinski definition) is 1. The van der Waals surface area contributed by atoms with Crippen LogP contribution in [0.25, 0.3) is 0 Å². The van der Waals surface area contributed by atoms with Gasteiger partial charge < -0.3 is 5.11 Å². The third-order valence-corrected chi connectivity index (χ3v) is 2.33. The highest BCUT2D eigenvalue weighted by Crippen LogP contribution is 2.04. The molecular weight excluding hydrogens is 176 g/mol. The SMILES string of the molecule is CCC/C(C#C[Si](C)(C)C)=C/CO. The molecule has 0 spiro atoms. The van der Waals surface area contributed by atoms with Crippen LogP contribution in [0.3, 0.4) is 0 Å².